The fourth-order valence-electron chi connectivity index (χ4n) is 4.60. The number of fused-ring (bicyclic) bond motifs is 1. The Kier molecular flexibility index (Phi) is 8.03. The number of alkyl halides is 9. The number of nitrogens with two attached hydrogens (primary N) is 1. The molecule has 0 fully saturated rings. The van der Waals surface area contributed by atoms with Crippen molar-refractivity contribution in [1.82, 2.24) is 14.5 Å². The van der Waals surface area contributed by atoms with E-state index in [0.29, 0.717) is 16.7 Å². The molecule has 42 heavy (non-hydrogen) atoms. The number of amides is 1. The topological polar surface area (TPSA) is 64.2 Å². The molecule has 1 aliphatic heterocycles. The fourth-order valence-corrected chi connectivity index (χ4v) is 4.60. The van der Waals surface area contributed by atoms with Crippen LogP contribution in [-0.4, -0.2) is 32.9 Å². The van der Waals surface area contributed by atoms with Gasteiger partial charge in [-0.25, -0.2) is 18.2 Å². The molecule has 2 N–H and O–H groups in total. The highest BCUT2D eigenvalue weighted by Gasteiger charge is 2.44. The van der Waals surface area contributed by atoms with Gasteiger partial charge < -0.3 is 15.2 Å². The molecule has 1 unspecified atom stereocenters. The fraction of sp³-hybridized carbons (Fsp3) is 0.360. The summed E-state index contributed by atoms with van der Waals surface area (Å²) in [7, 11) is 0. The molecule has 1 aromatic heterocycles. The Morgan fingerprint density at radius 1 is 0.857 bits per heavy atom. The molecule has 0 aliphatic carbocycles. The van der Waals surface area contributed by atoms with E-state index in [1.165, 1.54) is 0 Å². The quantitative estimate of drug-likeness (QED) is 0.269. The second kappa shape index (κ2) is 10.8. The Bertz CT molecular complexity index is 1510. The van der Waals surface area contributed by atoms with Crippen LogP contribution in [0.3, 0.4) is 0 Å². The van der Waals surface area contributed by atoms with Gasteiger partial charge in [0.15, 0.2) is 11.6 Å². The lowest BCUT2D eigenvalue weighted by Crippen LogP contribution is -2.42. The van der Waals surface area contributed by atoms with Gasteiger partial charge in [0.2, 0.25) is 11.7 Å². The molecule has 1 aliphatic rings. The Morgan fingerprint density at radius 3 is 2.10 bits per heavy atom. The normalized spacial score (nSPS) is 15.1. The van der Waals surface area contributed by atoms with Gasteiger partial charge in [-0.1, -0.05) is 6.07 Å². The van der Waals surface area contributed by atoms with E-state index < -0.39 is 108 Å². The van der Waals surface area contributed by atoms with Crippen LogP contribution in [-0.2, 0) is 42.8 Å². The first kappa shape index (κ1) is 31.2. The van der Waals surface area contributed by atoms with Gasteiger partial charge in [0.05, 0.1) is 29.1 Å². The second-order valence-corrected chi connectivity index (χ2v) is 9.48. The van der Waals surface area contributed by atoms with Crippen LogP contribution in [0.4, 0.5) is 52.7 Å². The van der Waals surface area contributed by atoms with Gasteiger partial charge in [-0.15, -0.1) is 0 Å². The van der Waals surface area contributed by atoms with Crippen molar-refractivity contribution in [3.05, 3.63) is 76.0 Å². The first-order valence-electron chi connectivity index (χ1n) is 11.9. The summed E-state index contributed by atoms with van der Waals surface area (Å²) in [5.41, 5.74) is -0.582. The van der Waals surface area contributed by atoms with E-state index in [1.54, 1.807) is 0 Å². The summed E-state index contributed by atoms with van der Waals surface area (Å²) < 4.78 is 163. The lowest BCUT2D eigenvalue weighted by atomic mass is 9.98. The number of hydrogen-bond acceptors (Lipinski definition) is 3. The Balaban J connectivity index is 1.68. The third kappa shape index (κ3) is 6.34. The predicted octanol–water partition coefficient (Wildman–Crippen LogP) is 6.33. The van der Waals surface area contributed by atoms with Gasteiger partial charge in [0.25, 0.3) is 0 Å². The maximum absolute atomic E-state index is 14.0. The van der Waals surface area contributed by atoms with Crippen LogP contribution in [0.25, 0.3) is 11.3 Å². The molecule has 0 saturated carbocycles. The second-order valence-electron chi connectivity index (χ2n) is 9.48. The van der Waals surface area contributed by atoms with E-state index in [1.807, 2.05) is 0 Å². The monoisotopic (exact) mass is 618 g/mol. The van der Waals surface area contributed by atoms with Crippen molar-refractivity contribution in [2.75, 3.05) is 6.54 Å². The average Bonchev–Trinajstić information content (AvgIpc) is 3.25. The molecule has 5 nitrogen and oxygen atoms in total. The Morgan fingerprint density at radius 2 is 1.50 bits per heavy atom. The van der Waals surface area contributed by atoms with Crippen molar-refractivity contribution in [2.24, 2.45) is 5.73 Å². The number of carbonyl (C=O) groups is 1. The van der Waals surface area contributed by atoms with Crippen molar-refractivity contribution in [3.63, 3.8) is 0 Å². The first-order chi connectivity index (χ1) is 19.3. The van der Waals surface area contributed by atoms with E-state index in [4.69, 9.17) is 5.73 Å². The lowest BCUT2D eigenvalue weighted by molar-refractivity contribution is -0.148. The summed E-state index contributed by atoms with van der Waals surface area (Å²) in [6.45, 7) is -1.68. The Hall–Kier alpha value is -3.76. The molecule has 228 valence electrons. The third-order valence-corrected chi connectivity index (χ3v) is 6.53. The minimum absolute atomic E-state index is 0.240. The number of nitrogens with zero attached hydrogens (tertiary/aromatic N) is 3. The van der Waals surface area contributed by atoms with Gasteiger partial charge in [0.1, 0.15) is 5.82 Å². The van der Waals surface area contributed by atoms with Crippen LogP contribution in [0.15, 0.2) is 30.3 Å². The zero-order valence-electron chi connectivity index (χ0n) is 20.9. The van der Waals surface area contributed by atoms with Crippen LogP contribution in [0.1, 0.15) is 34.6 Å². The molecular weight excluding hydrogens is 600 g/mol. The van der Waals surface area contributed by atoms with Gasteiger partial charge in [0, 0.05) is 37.2 Å². The summed E-state index contributed by atoms with van der Waals surface area (Å²) in [4.78, 5) is 17.2. The van der Waals surface area contributed by atoms with Crippen molar-refractivity contribution >= 4 is 5.91 Å². The van der Waals surface area contributed by atoms with E-state index in [-0.39, 0.29) is 30.3 Å². The number of aromatic nitrogens is 2. The average molecular weight is 618 g/mol. The van der Waals surface area contributed by atoms with Crippen molar-refractivity contribution in [3.8, 4) is 11.3 Å². The van der Waals surface area contributed by atoms with Crippen molar-refractivity contribution < 1.29 is 57.5 Å². The third-order valence-electron chi connectivity index (χ3n) is 6.53. The number of rotatable bonds is 5. The summed E-state index contributed by atoms with van der Waals surface area (Å²) >= 11 is 0. The van der Waals surface area contributed by atoms with Gasteiger partial charge in [-0.05, 0) is 30.2 Å². The molecule has 1 atom stereocenters. The minimum Gasteiger partial charge on any atom is -0.335 e. The van der Waals surface area contributed by atoms with Crippen LogP contribution < -0.4 is 5.73 Å². The molecule has 4 rings (SSSR count). The van der Waals surface area contributed by atoms with Crippen molar-refractivity contribution in [2.45, 2.75) is 50.5 Å². The molecule has 1 amide bonds. The predicted molar refractivity (Wildman–Crippen MR) is 121 cm³/mol. The minimum atomic E-state index is -5.42. The van der Waals surface area contributed by atoms with Gasteiger partial charge in [-0.3, -0.25) is 4.79 Å². The van der Waals surface area contributed by atoms with E-state index >= 15 is 0 Å². The molecule has 0 bridgehead atoms. The highest BCUT2D eigenvalue weighted by atomic mass is 19.4. The first-order valence-corrected chi connectivity index (χ1v) is 11.9. The highest BCUT2D eigenvalue weighted by Crippen LogP contribution is 2.43. The lowest BCUT2D eigenvalue weighted by Gasteiger charge is -2.30. The smallest absolute Gasteiger partial charge is 0.335 e. The summed E-state index contributed by atoms with van der Waals surface area (Å²) in [5, 5.41) is 0. The molecule has 0 radical (unpaired) electrons. The molecule has 0 saturated heterocycles. The Labute approximate surface area is 228 Å². The summed E-state index contributed by atoms with van der Waals surface area (Å²) in [6, 6.07) is 0.0355. The maximum Gasteiger partial charge on any atom is 0.449 e. The highest BCUT2D eigenvalue weighted by molar-refractivity contribution is 5.77. The van der Waals surface area contributed by atoms with Crippen LogP contribution in [0.2, 0.25) is 0 Å². The van der Waals surface area contributed by atoms with Crippen LogP contribution in [0.5, 0.6) is 0 Å². The largest absolute Gasteiger partial charge is 0.449 e. The zero-order chi connectivity index (χ0) is 31.4. The van der Waals surface area contributed by atoms with E-state index in [2.05, 4.69) is 4.98 Å². The maximum atomic E-state index is 14.0. The molecule has 3 aromatic rings. The van der Waals surface area contributed by atoms with Crippen LogP contribution in [0, 0.1) is 17.5 Å². The number of benzene rings is 2. The number of carbonyl (C=O) groups excluding carboxylic acids is 1. The van der Waals surface area contributed by atoms with Gasteiger partial charge >= 0.3 is 18.5 Å². The molecule has 2 heterocycles. The molecular formula is C25H18F12N4O. The number of imidazole rings is 1. The van der Waals surface area contributed by atoms with E-state index in [9.17, 15) is 57.5 Å². The summed E-state index contributed by atoms with van der Waals surface area (Å²) in [6.07, 6.45) is -16.8. The van der Waals surface area contributed by atoms with E-state index in [0.717, 1.165) is 4.90 Å². The standard InChI is InChI=1S/C25H18F12N4O/c26-16-9-18(28)17(27)6-11(16)5-13(38)8-20(42)40-3-4-41-19(10-40)21(39-22(41)25(35,36)37)14-2-1-12(23(29,30)31)7-15(14)24(32,33)34/h1-2,6-7,9,13H,3-5,8,10,38H2. The molecule has 17 heteroatoms. The van der Waals surface area contributed by atoms with Crippen molar-refractivity contribution in [1.29, 1.82) is 0 Å². The van der Waals surface area contributed by atoms with Gasteiger partial charge in [-0.2, -0.15) is 39.5 Å². The summed E-state index contributed by atoms with van der Waals surface area (Å²) in [5.74, 6) is -6.40. The number of hydrogen-bond donors (Lipinski definition) is 1. The van der Waals surface area contributed by atoms with Crippen LogP contribution >= 0.6 is 0 Å². The molecule has 0 spiro atoms. The zero-order valence-corrected chi connectivity index (χ0v) is 20.9. The SMILES string of the molecule is NC(CC(=O)N1CCn2c(C(F)(F)F)nc(-c3ccc(C(F)(F)F)cc3C(F)(F)F)c2C1)Cc1cc(F)c(F)cc1F. The molecule has 2 aromatic carbocycles. The number of halogens is 12.